The van der Waals surface area contributed by atoms with Crippen molar-refractivity contribution in [1.29, 1.82) is 0 Å². The Morgan fingerprint density at radius 3 is 2.50 bits per heavy atom. The predicted molar refractivity (Wildman–Crippen MR) is 100 cm³/mol. The van der Waals surface area contributed by atoms with Crippen LogP contribution in [0, 0.1) is 19.8 Å². The highest BCUT2D eigenvalue weighted by molar-refractivity contribution is 5.94. The molecule has 1 amide bonds. The molecule has 136 valence electrons. The van der Waals surface area contributed by atoms with E-state index < -0.39 is 0 Å². The van der Waals surface area contributed by atoms with Crippen molar-refractivity contribution in [3.05, 3.63) is 53.1 Å². The van der Waals surface area contributed by atoms with Crippen LogP contribution < -0.4 is 0 Å². The van der Waals surface area contributed by atoms with Crippen LogP contribution in [0.5, 0.6) is 0 Å². The largest absolute Gasteiger partial charge is 0.348 e. The number of hydrogen-bond acceptors (Lipinski definition) is 3. The molecule has 1 aromatic heterocycles. The van der Waals surface area contributed by atoms with Gasteiger partial charge in [0.1, 0.15) is 5.69 Å². The third kappa shape index (κ3) is 2.33. The molecule has 5 nitrogen and oxygen atoms in total. The second-order valence-corrected chi connectivity index (χ2v) is 8.21. The molecule has 4 saturated heterocycles. The third-order valence-corrected chi connectivity index (χ3v) is 6.79. The summed E-state index contributed by atoms with van der Waals surface area (Å²) in [5, 5.41) is 0. The Bertz CT molecular complexity index is 819. The third-order valence-electron chi connectivity index (χ3n) is 6.79. The SMILES string of the molecule is Cc1ccc([C@H]2CN(C(=O)c3nc[nH]c3C)[C@@H]3C4CCN(CC4)[C@H]23)cc1. The molecule has 0 unspecified atom stereocenters. The Labute approximate surface area is 154 Å². The maximum atomic E-state index is 13.3. The average Bonchev–Trinajstić information content (AvgIpc) is 3.28. The molecule has 0 spiro atoms. The van der Waals surface area contributed by atoms with Gasteiger partial charge in [0, 0.05) is 24.2 Å². The minimum absolute atomic E-state index is 0.0992. The number of amides is 1. The van der Waals surface area contributed by atoms with Crippen molar-refractivity contribution in [3.8, 4) is 0 Å². The fourth-order valence-electron chi connectivity index (χ4n) is 5.47. The van der Waals surface area contributed by atoms with Gasteiger partial charge in [-0.05, 0) is 51.3 Å². The minimum atomic E-state index is 0.0992. The molecule has 0 radical (unpaired) electrons. The summed E-state index contributed by atoms with van der Waals surface area (Å²) in [5.74, 6) is 1.12. The van der Waals surface area contributed by atoms with Gasteiger partial charge < -0.3 is 9.88 Å². The monoisotopic (exact) mass is 350 g/mol. The second kappa shape index (κ2) is 5.95. The van der Waals surface area contributed by atoms with Gasteiger partial charge in [-0.15, -0.1) is 0 Å². The number of aryl methyl sites for hydroxylation is 2. The summed E-state index contributed by atoms with van der Waals surface area (Å²) in [6, 6.07) is 9.69. The Morgan fingerprint density at radius 1 is 1.12 bits per heavy atom. The number of H-pyrrole nitrogens is 1. The number of hydrogen-bond donors (Lipinski definition) is 1. The summed E-state index contributed by atoms with van der Waals surface area (Å²) in [6.45, 7) is 7.22. The Balaban J connectivity index is 1.53. The highest BCUT2D eigenvalue weighted by Crippen LogP contribution is 2.46. The average molecular weight is 350 g/mol. The van der Waals surface area contributed by atoms with E-state index in [0.717, 1.165) is 12.2 Å². The number of benzene rings is 1. The number of fused-ring (bicyclic) bond motifs is 2. The molecule has 26 heavy (non-hydrogen) atoms. The number of piperidine rings is 3. The van der Waals surface area contributed by atoms with Gasteiger partial charge in [-0.2, -0.15) is 0 Å². The summed E-state index contributed by atoms with van der Waals surface area (Å²) >= 11 is 0. The van der Waals surface area contributed by atoms with Gasteiger partial charge in [-0.3, -0.25) is 9.69 Å². The zero-order chi connectivity index (χ0) is 17.8. The van der Waals surface area contributed by atoms with Gasteiger partial charge in [0.25, 0.3) is 5.91 Å². The van der Waals surface area contributed by atoms with E-state index in [2.05, 4.69) is 51.0 Å². The lowest BCUT2D eigenvalue weighted by atomic mass is 9.75. The number of rotatable bonds is 2. The quantitative estimate of drug-likeness (QED) is 0.906. The normalized spacial score (nSPS) is 32.7. The van der Waals surface area contributed by atoms with E-state index in [4.69, 9.17) is 0 Å². The van der Waals surface area contributed by atoms with Gasteiger partial charge in [-0.25, -0.2) is 4.98 Å². The van der Waals surface area contributed by atoms with Gasteiger partial charge in [0.05, 0.1) is 12.4 Å². The topological polar surface area (TPSA) is 52.2 Å². The standard InChI is InChI=1S/C21H26N4O/c1-13-3-5-15(6-4-13)17-11-25(21(26)18-14(2)22-12-23-18)19-16-7-9-24(10-8-16)20(17)19/h3-6,12,16-17,19-20H,7-11H2,1-2H3,(H,22,23)/t17-,19-,20-/m1/s1. The zero-order valence-corrected chi connectivity index (χ0v) is 15.5. The van der Waals surface area contributed by atoms with Crippen molar-refractivity contribution in [2.45, 2.75) is 44.7 Å². The molecular formula is C21H26N4O. The number of imidazole rings is 1. The maximum absolute atomic E-state index is 13.3. The molecule has 1 aromatic carbocycles. The first-order valence-corrected chi connectivity index (χ1v) is 9.75. The molecule has 4 aliphatic rings. The van der Waals surface area contributed by atoms with Gasteiger partial charge in [0.15, 0.2) is 0 Å². The van der Waals surface area contributed by atoms with Crippen molar-refractivity contribution in [2.24, 2.45) is 5.92 Å². The van der Waals surface area contributed by atoms with E-state index in [1.165, 1.54) is 37.1 Å². The fourth-order valence-corrected chi connectivity index (χ4v) is 5.47. The first kappa shape index (κ1) is 16.1. The van der Waals surface area contributed by atoms with Crippen LogP contribution in [0.3, 0.4) is 0 Å². The lowest BCUT2D eigenvalue weighted by Gasteiger charge is -2.51. The van der Waals surface area contributed by atoms with Crippen molar-refractivity contribution in [1.82, 2.24) is 19.8 Å². The van der Waals surface area contributed by atoms with E-state index in [-0.39, 0.29) is 5.91 Å². The molecule has 1 N–H and O–H groups in total. The van der Waals surface area contributed by atoms with Gasteiger partial charge in [0.2, 0.25) is 0 Å². The van der Waals surface area contributed by atoms with E-state index in [0.29, 0.717) is 29.6 Å². The van der Waals surface area contributed by atoms with E-state index in [9.17, 15) is 4.79 Å². The summed E-state index contributed by atoms with van der Waals surface area (Å²) < 4.78 is 0. The van der Waals surface area contributed by atoms with Crippen LogP contribution in [0.4, 0.5) is 0 Å². The van der Waals surface area contributed by atoms with Crippen LogP contribution in [-0.2, 0) is 0 Å². The molecule has 2 bridgehead atoms. The predicted octanol–water partition coefficient (Wildman–Crippen LogP) is 2.73. The van der Waals surface area contributed by atoms with Crippen LogP contribution >= 0.6 is 0 Å². The van der Waals surface area contributed by atoms with Gasteiger partial charge >= 0.3 is 0 Å². The van der Waals surface area contributed by atoms with Crippen LogP contribution in [0.2, 0.25) is 0 Å². The van der Waals surface area contributed by atoms with Crippen molar-refractivity contribution in [2.75, 3.05) is 19.6 Å². The molecule has 3 atom stereocenters. The number of nitrogens with zero attached hydrogens (tertiary/aromatic N) is 3. The summed E-state index contributed by atoms with van der Waals surface area (Å²) in [6.07, 6.45) is 4.06. The number of nitrogens with one attached hydrogen (secondary N) is 1. The second-order valence-electron chi connectivity index (χ2n) is 8.21. The number of aromatic nitrogens is 2. The molecule has 5 heterocycles. The summed E-state index contributed by atoms with van der Waals surface area (Å²) in [5.41, 5.74) is 4.11. The summed E-state index contributed by atoms with van der Waals surface area (Å²) in [7, 11) is 0. The number of aromatic amines is 1. The minimum Gasteiger partial charge on any atom is -0.348 e. The fraction of sp³-hybridized carbons (Fsp3) is 0.524. The molecular weight excluding hydrogens is 324 g/mol. The van der Waals surface area contributed by atoms with E-state index in [1.54, 1.807) is 6.33 Å². The molecule has 5 heteroatoms. The van der Waals surface area contributed by atoms with Crippen LogP contribution in [0.15, 0.2) is 30.6 Å². The number of carbonyl (C=O) groups is 1. The molecule has 4 aliphatic heterocycles. The first-order valence-electron chi connectivity index (χ1n) is 9.75. The Hall–Kier alpha value is -2.14. The molecule has 4 fully saturated rings. The van der Waals surface area contributed by atoms with Crippen LogP contribution in [0.1, 0.15) is 46.1 Å². The zero-order valence-electron chi connectivity index (χ0n) is 15.5. The Morgan fingerprint density at radius 2 is 1.85 bits per heavy atom. The first-order chi connectivity index (χ1) is 12.6. The van der Waals surface area contributed by atoms with E-state index >= 15 is 0 Å². The van der Waals surface area contributed by atoms with Crippen molar-refractivity contribution >= 4 is 5.91 Å². The van der Waals surface area contributed by atoms with Crippen molar-refractivity contribution in [3.63, 3.8) is 0 Å². The van der Waals surface area contributed by atoms with Crippen LogP contribution in [-0.4, -0.2) is 57.4 Å². The highest BCUT2D eigenvalue weighted by Gasteiger charge is 2.54. The van der Waals surface area contributed by atoms with Gasteiger partial charge in [-0.1, -0.05) is 29.8 Å². The number of likely N-dealkylation sites (tertiary alicyclic amines) is 1. The summed E-state index contributed by atoms with van der Waals surface area (Å²) in [4.78, 5) is 25.5. The van der Waals surface area contributed by atoms with Crippen molar-refractivity contribution < 1.29 is 4.79 Å². The number of carbonyl (C=O) groups excluding carboxylic acids is 1. The smallest absolute Gasteiger partial charge is 0.274 e. The lowest BCUT2D eigenvalue weighted by molar-refractivity contribution is -0.00358. The molecule has 2 aromatic rings. The maximum Gasteiger partial charge on any atom is 0.274 e. The molecule has 0 aliphatic carbocycles. The molecule has 0 saturated carbocycles. The highest BCUT2D eigenvalue weighted by atomic mass is 16.2. The Kier molecular flexibility index (Phi) is 3.67. The van der Waals surface area contributed by atoms with E-state index in [1.807, 2.05) is 6.92 Å². The molecule has 6 rings (SSSR count). The van der Waals surface area contributed by atoms with Crippen LogP contribution in [0.25, 0.3) is 0 Å². The lowest BCUT2D eigenvalue weighted by Crippen LogP contribution is -2.60.